The normalized spacial score (nSPS) is 11.7. The molecule has 0 aliphatic heterocycles. The molecule has 0 atom stereocenters. The number of nitrogens with one attached hydrogen (secondary N) is 3. The number of benzene rings is 3. The number of sulfonamides is 1. The van der Waals surface area contributed by atoms with Crippen molar-refractivity contribution in [3.63, 3.8) is 0 Å². The van der Waals surface area contributed by atoms with E-state index in [-0.39, 0.29) is 17.3 Å². The van der Waals surface area contributed by atoms with Crippen molar-refractivity contribution in [3.05, 3.63) is 90.0 Å². The molecule has 10 heteroatoms. The summed E-state index contributed by atoms with van der Waals surface area (Å²) in [6.07, 6.45) is 0. The number of hydrogen-bond acceptors (Lipinski definition) is 5. The average Bonchev–Trinajstić information content (AvgIpc) is 2.78. The van der Waals surface area contributed by atoms with E-state index in [9.17, 15) is 13.2 Å². The molecule has 3 aromatic carbocycles. The Labute approximate surface area is 179 Å². The largest absolute Gasteiger partial charge is 0.409 e. The molecule has 0 bridgehead atoms. The van der Waals surface area contributed by atoms with Crippen LogP contribution in [0.4, 0.5) is 16.2 Å². The third kappa shape index (κ3) is 6.04. The van der Waals surface area contributed by atoms with Gasteiger partial charge in [0.05, 0.1) is 4.90 Å². The van der Waals surface area contributed by atoms with Crippen LogP contribution in [0.3, 0.4) is 0 Å². The van der Waals surface area contributed by atoms with Gasteiger partial charge in [0, 0.05) is 23.5 Å². The smallest absolute Gasteiger partial charge is 0.323 e. The Morgan fingerprint density at radius 3 is 2.26 bits per heavy atom. The Balaban J connectivity index is 1.60. The minimum atomic E-state index is -3.69. The van der Waals surface area contributed by atoms with Gasteiger partial charge in [-0.2, -0.15) is 0 Å². The van der Waals surface area contributed by atoms with Gasteiger partial charge in [0.25, 0.3) is 0 Å². The number of oxime groups is 1. The van der Waals surface area contributed by atoms with Crippen molar-refractivity contribution in [2.75, 3.05) is 10.6 Å². The summed E-state index contributed by atoms with van der Waals surface area (Å²) in [7, 11) is -3.69. The third-order valence-electron chi connectivity index (χ3n) is 4.26. The van der Waals surface area contributed by atoms with Crippen LogP contribution in [-0.4, -0.2) is 25.5 Å². The molecule has 0 heterocycles. The number of urea groups is 1. The summed E-state index contributed by atoms with van der Waals surface area (Å²) in [5.41, 5.74) is 7.67. The summed E-state index contributed by atoms with van der Waals surface area (Å²) in [4.78, 5) is 12.3. The minimum Gasteiger partial charge on any atom is -0.409 e. The van der Waals surface area contributed by atoms with Crippen LogP contribution in [0.15, 0.2) is 88.9 Å². The number of amides is 2. The number of nitrogens with two attached hydrogens (primary N) is 1. The van der Waals surface area contributed by atoms with Gasteiger partial charge in [0.2, 0.25) is 10.0 Å². The lowest BCUT2D eigenvalue weighted by molar-refractivity contribution is 0.262. The number of carbonyl (C=O) groups excluding carboxylic acids is 1. The fourth-order valence-electron chi connectivity index (χ4n) is 2.68. The Morgan fingerprint density at radius 2 is 1.58 bits per heavy atom. The summed E-state index contributed by atoms with van der Waals surface area (Å²) >= 11 is 0. The number of carbonyl (C=O) groups is 1. The summed E-state index contributed by atoms with van der Waals surface area (Å²) in [6.45, 7) is 0.177. The molecular formula is C21H21N5O4S. The lowest BCUT2D eigenvalue weighted by atomic mass is 10.2. The molecule has 0 unspecified atom stereocenters. The van der Waals surface area contributed by atoms with Gasteiger partial charge in [-0.3, -0.25) is 0 Å². The predicted octanol–water partition coefficient (Wildman–Crippen LogP) is 2.90. The van der Waals surface area contributed by atoms with E-state index < -0.39 is 16.1 Å². The Bertz CT molecular complexity index is 1180. The van der Waals surface area contributed by atoms with Gasteiger partial charge in [-0.1, -0.05) is 47.6 Å². The molecular weight excluding hydrogens is 418 g/mol. The Morgan fingerprint density at radius 1 is 0.903 bits per heavy atom. The standard InChI is InChI=1S/C21H21N5O4S/c22-20(26-28)16-7-4-8-18(13-16)25-21(27)24-17-9-11-19(12-10-17)31(29,30)23-14-15-5-2-1-3-6-15/h1-13,23,28H,14H2,(H2,22,26)(H2,24,25,27). The maximum atomic E-state index is 12.4. The second-order valence-corrected chi connectivity index (χ2v) is 8.25. The summed E-state index contributed by atoms with van der Waals surface area (Å²) in [6, 6.07) is 20.9. The molecule has 9 nitrogen and oxygen atoms in total. The molecule has 0 saturated carbocycles. The first-order valence-corrected chi connectivity index (χ1v) is 10.7. The summed E-state index contributed by atoms with van der Waals surface area (Å²) in [5.74, 6) is -0.0817. The topological polar surface area (TPSA) is 146 Å². The van der Waals surface area contributed by atoms with Gasteiger partial charge < -0.3 is 21.6 Å². The maximum Gasteiger partial charge on any atom is 0.323 e. The van der Waals surface area contributed by atoms with Crippen LogP contribution in [0.1, 0.15) is 11.1 Å². The predicted molar refractivity (Wildman–Crippen MR) is 119 cm³/mol. The van der Waals surface area contributed by atoms with Gasteiger partial charge in [0.1, 0.15) is 0 Å². The number of amidine groups is 1. The van der Waals surface area contributed by atoms with Crippen LogP contribution in [0, 0.1) is 0 Å². The molecule has 31 heavy (non-hydrogen) atoms. The first kappa shape index (κ1) is 21.8. The molecule has 0 aromatic heterocycles. The van der Waals surface area contributed by atoms with Crippen LogP contribution in [0.5, 0.6) is 0 Å². The first-order valence-electron chi connectivity index (χ1n) is 9.17. The van der Waals surface area contributed by atoms with Crippen molar-refractivity contribution >= 4 is 33.3 Å². The van der Waals surface area contributed by atoms with Crippen molar-refractivity contribution in [1.29, 1.82) is 0 Å². The molecule has 2 amide bonds. The minimum absolute atomic E-state index is 0.0817. The van der Waals surface area contributed by atoms with Gasteiger partial charge in [0.15, 0.2) is 5.84 Å². The van der Waals surface area contributed by atoms with E-state index >= 15 is 0 Å². The Kier molecular flexibility index (Phi) is 6.85. The van der Waals surface area contributed by atoms with Crippen molar-refractivity contribution in [3.8, 4) is 0 Å². The molecule has 0 spiro atoms. The molecule has 0 aliphatic rings. The van der Waals surface area contributed by atoms with Crippen LogP contribution >= 0.6 is 0 Å². The van der Waals surface area contributed by atoms with Gasteiger partial charge in [-0.25, -0.2) is 17.9 Å². The van der Waals surface area contributed by atoms with Crippen molar-refractivity contribution in [2.45, 2.75) is 11.4 Å². The fraction of sp³-hybridized carbons (Fsp3) is 0.0476. The monoisotopic (exact) mass is 439 g/mol. The van der Waals surface area contributed by atoms with Crippen LogP contribution in [0.25, 0.3) is 0 Å². The highest BCUT2D eigenvalue weighted by atomic mass is 32.2. The second-order valence-electron chi connectivity index (χ2n) is 6.48. The van der Waals surface area contributed by atoms with E-state index in [0.717, 1.165) is 5.56 Å². The molecule has 0 fully saturated rings. The zero-order chi connectivity index (χ0) is 22.3. The van der Waals surface area contributed by atoms with Gasteiger partial charge in [-0.05, 0) is 42.0 Å². The lowest BCUT2D eigenvalue weighted by Crippen LogP contribution is -2.23. The van der Waals surface area contributed by atoms with E-state index in [1.807, 2.05) is 30.3 Å². The SMILES string of the molecule is NC(=NO)c1cccc(NC(=O)Nc2ccc(S(=O)(=O)NCc3ccccc3)cc2)c1. The van der Waals surface area contributed by atoms with E-state index in [2.05, 4.69) is 20.5 Å². The Hall–Kier alpha value is -3.89. The van der Waals surface area contributed by atoms with Crippen LogP contribution < -0.4 is 21.1 Å². The van der Waals surface area contributed by atoms with Crippen LogP contribution in [-0.2, 0) is 16.6 Å². The molecule has 0 aliphatic carbocycles. The van der Waals surface area contributed by atoms with Crippen molar-refractivity contribution < 1.29 is 18.4 Å². The number of anilines is 2. The highest BCUT2D eigenvalue weighted by molar-refractivity contribution is 7.89. The lowest BCUT2D eigenvalue weighted by Gasteiger charge is -2.10. The molecule has 3 aromatic rings. The molecule has 3 rings (SSSR count). The zero-order valence-electron chi connectivity index (χ0n) is 16.3. The average molecular weight is 439 g/mol. The van der Waals surface area contributed by atoms with Gasteiger partial charge >= 0.3 is 6.03 Å². The molecule has 0 radical (unpaired) electrons. The molecule has 160 valence electrons. The van der Waals surface area contributed by atoms with E-state index in [1.54, 1.807) is 24.3 Å². The quantitative estimate of drug-likeness (QED) is 0.166. The fourth-order valence-corrected chi connectivity index (χ4v) is 3.70. The van der Waals surface area contributed by atoms with E-state index in [0.29, 0.717) is 16.9 Å². The zero-order valence-corrected chi connectivity index (χ0v) is 17.1. The molecule has 6 N–H and O–H groups in total. The summed E-state index contributed by atoms with van der Waals surface area (Å²) < 4.78 is 27.4. The highest BCUT2D eigenvalue weighted by Crippen LogP contribution is 2.16. The van der Waals surface area contributed by atoms with Crippen molar-refractivity contribution in [1.82, 2.24) is 4.72 Å². The first-order chi connectivity index (χ1) is 14.9. The van der Waals surface area contributed by atoms with E-state index in [1.165, 1.54) is 24.3 Å². The third-order valence-corrected chi connectivity index (χ3v) is 5.67. The number of rotatable bonds is 7. The van der Waals surface area contributed by atoms with Crippen LogP contribution in [0.2, 0.25) is 0 Å². The highest BCUT2D eigenvalue weighted by Gasteiger charge is 2.14. The number of nitrogens with zero attached hydrogens (tertiary/aromatic N) is 1. The van der Waals surface area contributed by atoms with Crippen molar-refractivity contribution in [2.24, 2.45) is 10.9 Å². The number of hydrogen-bond donors (Lipinski definition) is 5. The molecule has 0 saturated heterocycles. The van der Waals surface area contributed by atoms with E-state index in [4.69, 9.17) is 10.9 Å². The second kappa shape index (κ2) is 9.74. The van der Waals surface area contributed by atoms with Gasteiger partial charge in [-0.15, -0.1) is 0 Å². The maximum absolute atomic E-state index is 12.4. The summed E-state index contributed by atoms with van der Waals surface area (Å²) in [5, 5.41) is 16.9.